The van der Waals surface area contributed by atoms with E-state index in [1.807, 2.05) is 18.2 Å². The highest BCUT2D eigenvalue weighted by Crippen LogP contribution is 2.11. The Kier molecular flexibility index (Phi) is 7.14. The van der Waals surface area contributed by atoms with E-state index >= 15 is 0 Å². The average molecular weight is 399 g/mol. The number of nitrogens with zero attached hydrogens (tertiary/aromatic N) is 1. The number of hydrogen-bond acceptors (Lipinski definition) is 1. The predicted molar refractivity (Wildman–Crippen MR) is 96.6 cm³/mol. The molecule has 0 unspecified atom stereocenters. The van der Waals surface area contributed by atoms with Crippen LogP contribution in [0.3, 0.4) is 0 Å². The van der Waals surface area contributed by atoms with Crippen LogP contribution >= 0.6 is 24.0 Å². The number of guanidine groups is 1. The number of nitrogens with one attached hydrogen (secondary N) is 1. The molecule has 0 atom stereocenters. The van der Waals surface area contributed by atoms with Crippen LogP contribution in [0.15, 0.2) is 53.5 Å². The molecule has 0 aliphatic heterocycles. The monoisotopic (exact) mass is 399 g/mol. The molecule has 2 rings (SSSR count). The molecule has 0 spiro atoms. The van der Waals surface area contributed by atoms with Crippen LogP contribution in [-0.2, 0) is 13.0 Å². The van der Waals surface area contributed by atoms with Crippen LogP contribution in [0.25, 0.3) is 0 Å². The van der Waals surface area contributed by atoms with Gasteiger partial charge in [0.05, 0.1) is 6.54 Å². The molecule has 2 aromatic carbocycles. The van der Waals surface area contributed by atoms with E-state index in [4.69, 9.17) is 5.73 Å². The number of hydrogen-bond donors (Lipinski definition) is 2. The average Bonchev–Trinajstić information content (AvgIpc) is 2.47. The Hall–Kier alpha value is -1.63. The van der Waals surface area contributed by atoms with Gasteiger partial charge in [0.2, 0.25) is 0 Å². The van der Waals surface area contributed by atoms with E-state index in [0.29, 0.717) is 12.5 Å². The first-order valence-electron chi connectivity index (χ1n) is 6.57. The molecular formula is C16H19FIN3. The maximum Gasteiger partial charge on any atom is 0.193 e. The molecule has 5 heteroatoms. The van der Waals surface area contributed by atoms with Crippen LogP contribution in [0.2, 0.25) is 0 Å². The fourth-order valence-electron chi connectivity index (χ4n) is 1.82. The van der Waals surface area contributed by atoms with Gasteiger partial charge in [-0.05, 0) is 41.8 Å². The van der Waals surface area contributed by atoms with Gasteiger partial charge in [-0.25, -0.2) is 9.38 Å². The smallest absolute Gasteiger partial charge is 0.193 e. The first-order valence-corrected chi connectivity index (χ1v) is 6.57. The molecule has 0 radical (unpaired) electrons. The number of rotatable bonds is 4. The highest BCUT2D eigenvalue weighted by atomic mass is 127. The number of halogens is 2. The number of aryl methyl sites for hydroxylation is 1. The van der Waals surface area contributed by atoms with Gasteiger partial charge in [-0.2, -0.15) is 0 Å². The summed E-state index contributed by atoms with van der Waals surface area (Å²) in [6.07, 6.45) is 0.974. The topological polar surface area (TPSA) is 50.4 Å². The van der Waals surface area contributed by atoms with E-state index in [-0.39, 0.29) is 29.8 Å². The van der Waals surface area contributed by atoms with E-state index in [0.717, 1.165) is 17.7 Å². The van der Waals surface area contributed by atoms with Gasteiger partial charge in [-0.15, -0.1) is 24.0 Å². The summed E-state index contributed by atoms with van der Waals surface area (Å²) in [7, 11) is 0. The highest BCUT2D eigenvalue weighted by molar-refractivity contribution is 14.0. The van der Waals surface area contributed by atoms with E-state index < -0.39 is 0 Å². The summed E-state index contributed by atoms with van der Waals surface area (Å²) in [5, 5.41) is 3.05. The SMILES string of the molecule is CCc1cccc(NC(N)=NCc2ccc(F)cc2)c1.I. The minimum atomic E-state index is -0.250. The maximum absolute atomic E-state index is 12.8. The van der Waals surface area contributed by atoms with Gasteiger partial charge >= 0.3 is 0 Å². The molecule has 0 saturated heterocycles. The number of aliphatic imine (C=N–C) groups is 1. The number of benzene rings is 2. The molecule has 0 aliphatic rings. The van der Waals surface area contributed by atoms with Gasteiger partial charge in [0.25, 0.3) is 0 Å². The largest absolute Gasteiger partial charge is 0.370 e. The summed E-state index contributed by atoms with van der Waals surface area (Å²) in [6.45, 7) is 2.53. The summed E-state index contributed by atoms with van der Waals surface area (Å²) >= 11 is 0. The third kappa shape index (κ3) is 5.71. The molecule has 112 valence electrons. The van der Waals surface area contributed by atoms with Gasteiger partial charge in [0.15, 0.2) is 5.96 Å². The van der Waals surface area contributed by atoms with Crippen LogP contribution in [0.4, 0.5) is 10.1 Å². The van der Waals surface area contributed by atoms with Gasteiger partial charge in [0.1, 0.15) is 5.82 Å². The zero-order chi connectivity index (χ0) is 14.4. The lowest BCUT2D eigenvalue weighted by molar-refractivity contribution is 0.627. The van der Waals surface area contributed by atoms with Crippen molar-refractivity contribution in [2.24, 2.45) is 10.7 Å². The maximum atomic E-state index is 12.8. The lowest BCUT2D eigenvalue weighted by Gasteiger charge is -2.07. The highest BCUT2D eigenvalue weighted by Gasteiger charge is 1.97. The van der Waals surface area contributed by atoms with Crippen molar-refractivity contribution in [2.45, 2.75) is 19.9 Å². The Morgan fingerprint density at radius 1 is 1.14 bits per heavy atom. The summed E-state index contributed by atoms with van der Waals surface area (Å²) < 4.78 is 12.8. The lowest BCUT2D eigenvalue weighted by Crippen LogP contribution is -2.22. The molecule has 0 heterocycles. The van der Waals surface area contributed by atoms with Crippen molar-refractivity contribution < 1.29 is 4.39 Å². The first kappa shape index (κ1) is 17.4. The summed E-state index contributed by atoms with van der Waals surface area (Å²) in [4.78, 5) is 4.24. The molecule has 2 aromatic rings. The van der Waals surface area contributed by atoms with Crippen molar-refractivity contribution in [3.63, 3.8) is 0 Å². The first-order chi connectivity index (χ1) is 9.67. The minimum Gasteiger partial charge on any atom is -0.370 e. The molecule has 0 aliphatic carbocycles. The zero-order valence-electron chi connectivity index (χ0n) is 11.8. The quantitative estimate of drug-likeness (QED) is 0.465. The molecular weight excluding hydrogens is 380 g/mol. The molecule has 21 heavy (non-hydrogen) atoms. The fourth-order valence-corrected chi connectivity index (χ4v) is 1.82. The molecule has 0 amide bonds. The second kappa shape index (κ2) is 8.61. The molecule has 3 nitrogen and oxygen atoms in total. The standard InChI is InChI=1S/C16H18FN3.HI/c1-2-12-4-3-5-15(10-12)20-16(18)19-11-13-6-8-14(17)9-7-13;/h3-10H,2,11H2,1H3,(H3,18,19,20);1H. The van der Waals surface area contributed by atoms with Crippen LogP contribution in [0, 0.1) is 5.82 Å². The summed E-state index contributed by atoms with van der Waals surface area (Å²) in [6, 6.07) is 14.3. The zero-order valence-corrected chi connectivity index (χ0v) is 14.2. The number of anilines is 1. The van der Waals surface area contributed by atoms with E-state index in [2.05, 4.69) is 23.3 Å². The Morgan fingerprint density at radius 3 is 2.52 bits per heavy atom. The lowest BCUT2D eigenvalue weighted by atomic mass is 10.1. The van der Waals surface area contributed by atoms with Gasteiger partial charge < -0.3 is 11.1 Å². The van der Waals surface area contributed by atoms with Crippen molar-refractivity contribution >= 4 is 35.6 Å². The molecule has 0 saturated carbocycles. The van der Waals surface area contributed by atoms with Crippen LogP contribution in [0.5, 0.6) is 0 Å². The second-order valence-electron chi connectivity index (χ2n) is 4.51. The Labute approximate surface area is 141 Å². The molecule has 0 fully saturated rings. The van der Waals surface area contributed by atoms with Crippen LogP contribution < -0.4 is 11.1 Å². The van der Waals surface area contributed by atoms with E-state index in [9.17, 15) is 4.39 Å². The van der Waals surface area contributed by atoms with Crippen molar-refractivity contribution in [3.05, 3.63) is 65.5 Å². The van der Waals surface area contributed by atoms with Crippen LogP contribution in [0.1, 0.15) is 18.1 Å². The van der Waals surface area contributed by atoms with Gasteiger partial charge in [0, 0.05) is 5.69 Å². The third-order valence-electron chi connectivity index (χ3n) is 2.95. The van der Waals surface area contributed by atoms with Crippen molar-refractivity contribution in [1.29, 1.82) is 0 Å². The Balaban J connectivity index is 0.00000220. The van der Waals surface area contributed by atoms with Crippen molar-refractivity contribution in [2.75, 3.05) is 5.32 Å². The number of nitrogens with two attached hydrogens (primary N) is 1. The molecule has 0 bridgehead atoms. The summed E-state index contributed by atoms with van der Waals surface area (Å²) in [5.74, 6) is 0.0998. The van der Waals surface area contributed by atoms with Gasteiger partial charge in [-0.1, -0.05) is 31.2 Å². The van der Waals surface area contributed by atoms with Gasteiger partial charge in [-0.3, -0.25) is 0 Å². The summed E-state index contributed by atoms with van der Waals surface area (Å²) in [5.41, 5.74) is 8.91. The Morgan fingerprint density at radius 2 is 1.86 bits per heavy atom. The third-order valence-corrected chi connectivity index (χ3v) is 2.95. The fraction of sp³-hybridized carbons (Fsp3) is 0.188. The van der Waals surface area contributed by atoms with Crippen molar-refractivity contribution in [1.82, 2.24) is 0 Å². The Bertz CT molecular complexity index is 597. The molecule has 0 aromatic heterocycles. The normalized spacial score (nSPS) is 10.9. The molecule has 3 N–H and O–H groups in total. The van der Waals surface area contributed by atoms with E-state index in [1.165, 1.54) is 17.7 Å². The second-order valence-corrected chi connectivity index (χ2v) is 4.51. The predicted octanol–water partition coefficient (Wildman–Crippen LogP) is 3.93. The van der Waals surface area contributed by atoms with E-state index in [1.54, 1.807) is 12.1 Å². The van der Waals surface area contributed by atoms with Crippen LogP contribution in [-0.4, -0.2) is 5.96 Å². The minimum absolute atomic E-state index is 0. The van der Waals surface area contributed by atoms with Crippen molar-refractivity contribution in [3.8, 4) is 0 Å².